The Morgan fingerprint density at radius 2 is 1.96 bits per heavy atom. The van der Waals surface area contributed by atoms with Crippen molar-refractivity contribution in [2.45, 2.75) is 24.8 Å². The molecule has 8 heteroatoms. The van der Waals surface area contributed by atoms with Crippen molar-refractivity contribution in [3.05, 3.63) is 48.0 Å². The summed E-state index contributed by atoms with van der Waals surface area (Å²) >= 11 is 0. The number of nitrogens with zero attached hydrogens (tertiary/aromatic N) is 3. The van der Waals surface area contributed by atoms with Crippen molar-refractivity contribution in [2.24, 2.45) is 7.05 Å². The number of rotatable bonds is 7. The van der Waals surface area contributed by atoms with Gasteiger partial charge in [0.05, 0.1) is 23.9 Å². The topological polar surface area (TPSA) is 92.5 Å². The van der Waals surface area contributed by atoms with Gasteiger partial charge in [-0.15, -0.1) is 0 Å². The molecule has 24 heavy (non-hydrogen) atoms. The predicted octanol–water partition coefficient (Wildman–Crippen LogP) is 0.983. The lowest BCUT2D eigenvalue weighted by Crippen LogP contribution is -2.40. The molecule has 0 fully saturated rings. The number of carbonyl (C=O) groups excluding carboxylic acids is 1. The normalized spacial score (nSPS) is 13.2. The van der Waals surface area contributed by atoms with Crippen LogP contribution in [0.5, 0.6) is 0 Å². The first-order valence-corrected chi connectivity index (χ1v) is 8.90. The lowest BCUT2D eigenvalue weighted by molar-refractivity contribution is 0.0939. The Balaban J connectivity index is 2.30. The van der Waals surface area contributed by atoms with E-state index in [-0.39, 0.29) is 23.7 Å². The van der Waals surface area contributed by atoms with Gasteiger partial charge in [-0.25, -0.2) is 13.4 Å². The smallest absolute Gasteiger partial charge is 0.243 e. The van der Waals surface area contributed by atoms with Crippen molar-refractivity contribution in [3.8, 4) is 0 Å². The van der Waals surface area contributed by atoms with E-state index in [1.54, 1.807) is 23.7 Å². The van der Waals surface area contributed by atoms with Gasteiger partial charge in [-0.2, -0.15) is 4.31 Å². The highest BCUT2D eigenvalue weighted by Crippen LogP contribution is 2.17. The van der Waals surface area contributed by atoms with Gasteiger partial charge in [-0.05, 0) is 26.0 Å². The third-order valence-corrected chi connectivity index (χ3v) is 5.26. The maximum Gasteiger partial charge on any atom is 0.243 e. The number of aromatic nitrogens is 2. The summed E-state index contributed by atoms with van der Waals surface area (Å²) in [6.07, 6.45) is 2.10. The maximum atomic E-state index is 12.8. The van der Waals surface area contributed by atoms with Crippen LogP contribution in [-0.4, -0.2) is 52.4 Å². The first-order chi connectivity index (χ1) is 11.2. The van der Waals surface area contributed by atoms with Gasteiger partial charge >= 0.3 is 0 Å². The summed E-state index contributed by atoms with van der Waals surface area (Å²) in [5.74, 6) is -0.424. The molecule has 7 nitrogen and oxygen atoms in total. The summed E-state index contributed by atoms with van der Waals surface area (Å²) < 4.78 is 28.2. The van der Waals surface area contributed by atoms with Crippen LogP contribution in [0, 0.1) is 6.92 Å². The van der Waals surface area contributed by atoms with Crippen LogP contribution in [-0.2, 0) is 17.1 Å². The number of sulfonamides is 1. The second-order valence-corrected chi connectivity index (χ2v) is 7.75. The predicted molar refractivity (Wildman–Crippen MR) is 89.2 cm³/mol. The zero-order valence-electron chi connectivity index (χ0n) is 13.9. The molecule has 0 saturated carbocycles. The highest BCUT2D eigenvalue weighted by molar-refractivity contribution is 7.89. The Bertz CT molecular complexity index is 810. The van der Waals surface area contributed by atoms with Crippen LogP contribution in [0.3, 0.4) is 0 Å². The van der Waals surface area contributed by atoms with E-state index >= 15 is 0 Å². The number of imidazole rings is 1. The van der Waals surface area contributed by atoms with Crippen LogP contribution in [0.2, 0.25) is 0 Å². The van der Waals surface area contributed by atoms with Crippen LogP contribution in [0.25, 0.3) is 0 Å². The van der Waals surface area contributed by atoms with Gasteiger partial charge in [-0.3, -0.25) is 4.79 Å². The Labute approximate surface area is 141 Å². The van der Waals surface area contributed by atoms with Gasteiger partial charge in [-0.1, -0.05) is 17.7 Å². The van der Waals surface area contributed by atoms with Crippen molar-refractivity contribution >= 4 is 15.8 Å². The lowest BCUT2D eigenvalue weighted by Gasteiger charge is -2.22. The molecule has 1 atom stereocenters. The average molecular weight is 351 g/mol. The van der Waals surface area contributed by atoms with E-state index in [1.807, 2.05) is 6.92 Å². The molecule has 1 heterocycles. The summed E-state index contributed by atoms with van der Waals surface area (Å²) in [6.45, 7) is 2.78. The van der Waals surface area contributed by atoms with E-state index in [0.717, 1.165) is 9.87 Å². The van der Waals surface area contributed by atoms with Gasteiger partial charge in [0, 0.05) is 19.8 Å². The molecule has 130 valence electrons. The average Bonchev–Trinajstić information content (AvgIpc) is 2.93. The molecule has 1 N–H and O–H groups in total. The number of carbonyl (C=O) groups is 1. The van der Waals surface area contributed by atoms with Crippen LogP contribution in [0.4, 0.5) is 0 Å². The van der Waals surface area contributed by atoms with Crippen LogP contribution in [0.1, 0.15) is 23.0 Å². The molecule has 2 rings (SSSR count). The Morgan fingerprint density at radius 3 is 2.46 bits per heavy atom. The minimum Gasteiger partial charge on any atom is -0.392 e. The first-order valence-electron chi connectivity index (χ1n) is 7.46. The second kappa shape index (κ2) is 7.25. The number of ketones is 1. The Hall–Kier alpha value is -2.03. The summed E-state index contributed by atoms with van der Waals surface area (Å²) in [5.41, 5.74) is 1.12. The van der Waals surface area contributed by atoms with Crippen LogP contribution in [0.15, 0.2) is 41.7 Å². The standard InChI is InChI=1S/C16H21N3O4S/c1-12-4-6-14(7-5-12)24(22,23)19(8-13(2)20)10-16(21)15-9-18(3)11-17-15/h4-7,9,11,13,20H,8,10H2,1-3H3/t13-/m1/s1. The number of benzene rings is 1. The van der Waals surface area contributed by atoms with Crippen molar-refractivity contribution in [1.29, 1.82) is 0 Å². The zero-order chi connectivity index (χ0) is 17.9. The van der Waals surface area contributed by atoms with Crippen molar-refractivity contribution in [3.63, 3.8) is 0 Å². The first kappa shape index (κ1) is 18.3. The molecule has 0 aliphatic carbocycles. The molecule has 0 bridgehead atoms. The number of Topliss-reactive ketones (excluding diaryl/α,β-unsaturated/α-hetero) is 1. The third kappa shape index (κ3) is 4.28. The van der Waals surface area contributed by atoms with Crippen molar-refractivity contribution in [1.82, 2.24) is 13.9 Å². The largest absolute Gasteiger partial charge is 0.392 e. The highest BCUT2D eigenvalue weighted by Gasteiger charge is 2.28. The van der Waals surface area contributed by atoms with Gasteiger partial charge in [0.25, 0.3) is 0 Å². The molecular weight excluding hydrogens is 330 g/mol. The number of hydrogen-bond acceptors (Lipinski definition) is 5. The molecule has 0 spiro atoms. The van der Waals surface area contributed by atoms with Gasteiger partial charge in [0.15, 0.2) is 5.78 Å². The maximum absolute atomic E-state index is 12.8. The highest BCUT2D eigenvalue weighted by atomic mass is 32.2. The molecule has 1 aromatic carbocycles. The molecule has 0 unspecified atom stereocenters. The van der Waals surface area contributed by atoms with E-state index in [2.05, 4.69) is 4.98 Å². The molecule has 0 radical (unpaired) electrons. The number of aliphatic hydroxyl groups excluding tert-OH is 1. The minimum absolute atomic E-state index is 0.0857. The van der Waals surface area contributed by atoms with Crippen LogP contribution >= 0.6 is 0 Å². The molecule has 0 saturated heterocycles. The number of aliphatic hydroxyl groups is 1. The quantitative estimate of drug-likeness (QED) is 0.751. The second-order valence-electron chi connectivity index (χ2n) is 5.81. The van der Waals surface area contributed by atoms with E-state index in [9.17, 15) is 18.3 Å². The van der Waals surface area contributed by atoms with E-state index < -0.39 is 21.9 Å². The fraction of sp³-hybridized carbons (Fsp3) is 0.375. The lowest BCUT2D eigenvalue weighted by atomic mass is 10.2. The molecule has 0 aliphatic rings. The Morgan fingerprint density at radius 1 is 1.33 bits per heavy atom. The number of aryl methyl sites for hydroxylation is 2. The minimum atomic E-state index is -3.89. The fourth-order valence-electron chi connectivity index (χ4n) is 2.20. The summed E-state index contributed by atoms with van der Waals surface area (Å²) in [5, 5.41) is 9.63. The molecule has 1 aromatic heterocycles. The van der Waals surface area contributed by atoms with Gasteiger partial charge in [0.1, 0.15) is 5.69 Å². The molecule has 0 amide bonds. The zero-order valence-corrected chi connectivity index (χ0v) is 14.7. The van der Waals surface area contributed by atoms with E-state index in [0.29, 0.717) is 0 Å². The van der Waals surface area contributed by atoms with E-state index in [1.165, 1.54) is 31.6 Å². The Kier molecular flexibility index (Phi) is 5.53. The monoisotopic (exact) mass is 351 g/mol. The van der Waals surface area contributed by atoms with Crippen molar-refractivity contribution in [2.75, 3.05) is 13.1 Å². The van der Waals surface area contributed by atoms with Gasteiger partial charge < -0.3 is 9.67 Å². The number of hydrogen-bond donors (Lipinski definition) is 1. The summed E-state index contributed by atoms with van der Waals surface area (Å²) in [4.78, 5) is 16.3. The molecule has 2 aromatic rings. The van der Waals surface area contributed by atoms with Crippen molar-refractivity contribution < 1.29 is 18.3 Å². The van der Waals surface area contributed by atoms with E-state index in [4.69, 9.17) is 0 Å². The summed E-state index contributed by atoms with van der Waals surface area (Å²) in [6, 6.07) is 6.36. The third-order valence-electron chi connectivity index (χ3n) is 3.44. The molecule has 0 aliphatic heterocycles. The van der Waals surface area contributed by atoms with Crippen LogP contribution < -0.4 is 0 Å². The SMILES string of the molecule is Cc1ccc(S(=O)(=O)N(CC(=O)c2cn(C)cn2)C[C@@H](C)O)cc1. The van der Waals surface area contributed by atoms with Gasteiger partial charge in [0.2, 0.25) is 10.0 Å². The molecular formula is C16H21N3O4S. The fourth-order valence-corrected chi connectivity index (χ4v) is 3.68. The summed E-state index contributed by atoms with van der Waals surface area (Å²) in [7, 11) is -2.17.